The number of nitrogens with zero attached hydrogens (tertiary/aromatic N) is 1. The number of anilines is 2. The van der Waals surface area contributed by atoms with Gasteiger partial charge in [-0.05, 0) is 41.1 Å². The van der Waals surface area contributed by atoms with E-state index in [0.29, 0.717) is 4.47 Å². The molecule has 0 saturated carbocycles. The van der Waals surface area contributed by atoms with E-state index in [2.05, 4.69) is 32.8 Å². The van der Waals surface area contributed by atoms with Gasteiger partial charge in [-0.2, -0.15) is 0 Å². The van der Waals surface area contributed by atoms with Crippen molar-refractivity contribution in [1.82, 2.24) is 4.98 Å². The van der Waals surface area contributed by atoms with Gasteiger partial charge in [0.1, 0.15) is 17.5 Å². The maximum Gasteiger partial charge on any atom is 0.259 e. The van der Waals surface area contributed by atoms with Crippen LogP contribution in [0.1, 0.15) is 6.92 Å². The summed E-state index contributed by atoms with van der Waals surface area (Å²) in [7, 11) is 0. The van der Waals surface area contributed by atoms with E-state index in [-0.39, 0.29) is 17.2 Å². The van der Waals surface area contributed by atoms with Crippen molar-refractivity contribution >= 4 is 33.5 Å². The number of halogens is 2. The highest BCUT2D eigenvalue weighted by molar-refractivity contribution is 9.10. The number of nitrogens with two attached hydrogens (primary N) is 1. The van der Waals surface area contributed by atoms with Crippen LogP contribution in [0.15, 0.2) is 52.8 Å². The first kappa shape index (κ1) is 15.1. The molecule has 0 saturated heterocycles. The van der Waals surface area contributed by atoms with Gasteiger partial charge in [0.05, 0.1) is 10.0 Å². The Hall–Kier alpha value is -1.95. The Bertz CT molecular complexity index is 563. The van der Waals surface area contributed by atoms with Crippen molar-refractivity contribution in [1.29, 1.82) is 0 Å². The van der Waals surface area contributed by atoms with E-state index in [4.69, 9.17) is 5.73 Å². The number of hydrogen-bond acceptors (Lipinski definition) is 3. The quantitative estimate of drug-likeness (QED) is 0.659. The van der Waals surface area contributed by atoms with E-state index in [1.54, 1.807) is 12.1 Å². The molecule has 19 heavy (non-hydrogen) atoms. The van der Waals surface area contributed by atoms with Gasteiger partial charge in [-0.1, -0.05) is 18.7 Å². The summed E-state index contributed by atoms with van der Waals surface area (Å²) in [4.78, 5) is 15.8. The van der Waals surface area contributed by atoms with Gasteiger partial charge in [-0.25, -0.2) is 9.37 Å². The topological polar surface area (TPSA) is 68.0 Å². The highest BCUT2D eigenvalue weighted by atomic mass is 79.9. The second-order valence-electron chi connectivity index (χ2n) is 3.56. The molecule has 0 aliphatic heterocycles. The zero-order valence-electron chi connectivity index (χ0n) is 10.3. The summed E-state index contributed by atoms with van der Waals surface area (Å²) in [6, 6.07) is 3.20. The van der Waals surface area contributed by atoms with Gasteiger partial charge < -0.3 is 11.1 Å². The Morgan fingerprint density at radius 3 is 2.79 bits per heavy atom. The zero-order valence-corrected chi connectivity index (χ0v) is 11.9. The Balaban J connectivity index is 2.94. The van der Waals surface area contributed by atoms with Crippen LogP contribution >= 0.6 is 15.9 Å². The summed E-state index contributed by atoms with van der Waals surface area (Å²) in [6.07, 6.45) is 4.26. The minimum Gasteiger partial charge on any atom is -0.383 e. The first-order chi connectivity index (χ1) is 8.95. The fraction of sp³-hybridized carbons (Fsp3) is 0.0769. The molecule has 3 N–H and O–H groups in total. The SMILES string of the molecule is C=C/C=C\C(C(=O)Nc1ccc(Br)c(N)n1)=C(/C)F. The molecular weight excluding hydrogens is 313 g/mol. The lowest BCUT2D eigenvalue weighted by Gasteiger charge is -2.06. The molecule has 1 heterocycles. The molecule has 6 heteroatoms. The average Bonchev–Trinajstić information content (AvgIpc) is 2.34. The highest BCUT2D eigenvalue weighted by Gasteiger charge is 2.11. The summed E-state index contributed by atoms with van der Waals surface area (Å²) in [5.41, 5.74) is 5.50. The van der Waals surface area contributed by atoms with Gasteiger partial charge in [0.2, 0.25) is 0 Å². The number of allylic oxidation sites excluding steroid dienone is 3. The second kappa shape index (κ2) is 6.84. The first-order valence-corrected chi connectivity index (χ1v) is 6.14. The Labute approximate surface area is 119 Å². The maximum atomic E-state index is 13.3. The van der Waals surface area contributed by atoms with Crippen LogP contribution in [0.5, 0.6) is 0 Å². The summed E-state index contributed by atoms with van der Waals surface area (Å²) in [6.45, 7) is 4.66. The minimum atomic E-state index is -0.604. The van der Waals surface area contributed by atoms with Gasteiger partial charge in [0, 0.05) is 0 Å². The third-order valence-corrected chi connectivity index (χ3v) is 2.80. The van der Waals surface area contributed by atoms with E-state index < -0.39 is 11.7 Å². The monoisotopic (exact) mass is 325 g/mol. The van der Waals surface area contributed by atoms with Crippen LogP contribution in [0.25, 0.3) is 0 Å². The fourth-order valence-corrected chi connectivity index (χ4v) is 1.44. The second-order valence-corrected chi connectivity index (χ2v) is 4.41. The fourth-order valence-electron chi connectivity index (χ4n) is 1.22. The van der Waals surface area contributed by atoms with Crippen LogP contribution in [0.2, 0.25) is 0 Å². The van der Waals surface area contributed by atoms with Crippen molar-refractivity contribution in [2.45, 2.75) is 6.92 Å². The highest BCUT2D eigenvalue weighted by Crippen LogP contribution is 2.19. The van der Waals surface area contributed by atoms with Crippen molar-refractivity contribution in [3.05, 3.63) is 52.8 Å². The van der Waals surface area contributed by atoms with Gasteiger partial charge in [-0.3, -0.25) is 4.79 Å². The number of aromatic nitrogens is 1. The molecule has 1 aromatic rings. The van der Waals surface area contributed by atoms with Crippen molar-refractivity contribution in [2.75, 3.05) is 11.1 Å². The van der Waals surface area contributed by atoms with Crippen LogP contribution in [0.4, 0.5) is 16.0 Å². The van der Waals surface area contributed by atoms with E-state index in [1.807, 2.05) is 0 Å². The third-order valence-electron chi connectivity index (χ3n) is 2.13. The van der Waals surface area contributed by atoms with Gasteiger partial charge in [0.25, 0.3) is 5.91 Å². The van der Waals surface area contributed by atoms with E-state index in [0.717, 1.165) is 0 Å². The number of amides is 1. The normalized spacial score (nSPS) is 12.2. The average molecular weight is 326 g/mol. The lowest BCUT2D eigenvalue weighted by atomic mass is 10.2. The number of nitrogen functional groups attached to an aromatic ring is 1. The lowest BCUT2D eigenvalue weighted by molar-refractivity contribution is -0.112. The van der Waals surface area contributed by atoms with Gasteiger partial charge in [-0.15, -0.1) is 0 Å². The molecule has 0 atom stereocenters. The minimum absolute atomic E-state index is 0.0943. The van der Waals surface area contributed by atoms with E-state index in [1.165, 1.54) is 25.2 Å². The van der Waals surface area contributed by atoms with Crippen LogP contribution in [0.3, 0.4) is 0 Å². The molecule has 0 unspecified atom stereocenters. The molecule has 0 aliphatic carbocycles. The van der Waals surface area contributed by atoms with E-state index >= 15 is 0 Å². The number of hydrogen-bond donors (Lipinski definition) is 2. The molecule has 0 aliphatic rings. The summed E-state index contributed by atoms with van der Waals surface area (Å²) < 4.78 is 13.9. The van der Waals surface area contributed by atoms with Crippen molar-refractivity contribution in [3.63, 3.8) is 0 Å². The molecule has 4 nitrogen and oxygen atoms in total. The van der Waals surface area contributed by atoms with Crippen LogP contribution < -0.4 is 11.1 Å². The molecule has 0 spiro atoms. The summed E-state index contributed by atoms with van der Waals surface area (Å²) in [5, 5.41) is 2.47. The molecule has 100 valence electrons. The number of carbonyl (C=O) groups excluding carboxylic acids is 1. The molecule has 1 amide bonds. The van der Waals surface area contributed by atoms with Gasteiger partial charge >= 0.3 is 0 Å². The first-order valence-electron chi connectivity index (χ1n) is 5.34. The molecule has 0 radical (unpaired) electrons. The Morgan fingerprint density at radius 2 is 2.26 bits per heavy atom. The van der Waals surface area contributed by atoms with Crippen molar-refractivity contribution in [3.8, 4) is 0 Å². The number of nitrogens with one attached hydrogen (secondary N) is 1. The predicted molar refractivity (Wildman–Crippen MR) is 78.1 cm³/mol. The number of pyridine rings is 1. The smallest absolute Gasteiger partial charge is 0.259 e. The lowest BCUT2D eigenvalue weighted by Crippen LogP contribution is -2.15. The van der Waals surface area contributed by atoms with Crippen LogP contribution in [0, 0.1) is 0 Å². The molecule has 1 rings (SSSR count). The predicted octanol–water partition coefficient (Wildman–Crippen LogP) is 3.35. The van der Waals surface area contributed by atoms with Crippen molar-refractivity contribution in [2.24, 2.45) is 0 Å². The standard InChI is InChI=1S/C13H13BrFN3O/c1-3-4-5-9(8(2)15)13(19)18-11-7-6-10(14)12(16)17-11/h3-7H,1H2,2H3,(H3,16,17,18,19)/b5-4-,9-8-. The Kier molecular flexibility index (Phi) is 5.44. The summed E-state index contributed by atoms with van der Waals surface area (Å²) >= 11 is 3.19. The van der Waals surface area contributed by atoms with Crippen molar-refractivity contribution < 1.29 is 9.18 Å². The number of carbonyl (C=O) groups is 1. The van der Waals surface area contributed by atoms with Crippen LogP contribution in [-0.2, 0) is 4.79 Å². The van der Waals surface area contributed by atoms with Gasteiger partial charge in [0.15, 0.2) is 0 Å². The number of rotatable bonds is 4. The largest absolute Gasteiger partial charge is 0.383 e. The molecular formula is C13H13BrFN3O. The van der Waals surface area contributed by atoms with Crippen LogP contribution in [-0.4, -0.2) is 10.9 Å². The maximum absolute atomic E-state index is 13.3. The molecule has 0 fully saturated rings. The summed E-state index contributed by atoms with van der Waals surface area (Å²) in [5.74, 6) is -0.716. The third kappa shape index (κ3) is 4.33. The molecule has 0 aromatic carbocycles. The molecule has 0 bridgehead atoms. The van der Waals surface area contributed by atoms with E-state index in [9.17, 15) is 9.18 Å². The zero-order chi connectivity index (χ0) is 14.4. The molecule has 1 aromatic heterocycles. The Morgan fingerprint density at radius 1 is 1.58 bits per heavy atom.